The Kier molecular flexibility index (Phi) is 4.13. The Labute approximate surface area is 110 Å². The molecule has 0 saturated carbocycles. The molecule has 1 aromatic rings. The van der Waals surface area contributed by atoms with Crippen LogP contribution < -0.4 is 5.84 Å². The van der Waals surface area contributed by atoms with Gasteiger partial charge in [-0.2, -0.15) is 0 Å². The van der Waals surface area contributed by atoms with Crippen molar-refractivity contribution in [2.75, 3.05) is 6.54 Å². The van der Waals surface area contributed by atoms with Gasteiger partial charge in [0.15, 0.2) is 0 Å². The second kappa shape index (κ2) is 5.81. The first-order valence-electron chi connectivity index (χ1n) is 6.02. The number of aliphatic carboxylic acids is 1. The highest BCUT2D eigenvalue weighted by Gasteiger charge is 2.39. The van der Waals surface area contributed by atoms with E-state index < -0.39 is 23.9 Å². The molecule has 3 N–H and O–H groups in total. The van der Waals surface area contributed by atoms with E-state index in [0.717, 1.165) is 5.56 Å². The third-order valence-electron chi connectivity index (χ3n) is 3.18. The van der Waals surface area contributed by atoms with E-state index in [1.54, 1.807) is 0 Å². The van der Waals surface area contributed by atoms with Crippen LogP contribution in [0.5, 0.6) is 0 Å². The van der Waals surface area contributed by atoms with E-state index in [1.165, 1.54) is 5.01 Å². The summed E-state index contributed by atoms with van der Waals surface area (Å²) in [6.07, 6.45) is 0.194. The lowest BCUT2D eigenvalue weighted by molar-refractivity contribution is -0.149. The number of nitrogens with zero attached hydrogens (tertiary/aromatic N) is 1. The van der Waals surface area contributed by atoms with Crippen LogP contribution in [0.4, 0.5) is 0 Å². The maximum Gasteiger partial charge on any atom is 0.322 e. The molecule has 0 amide bonds. The predicted octanol–water partition coefficient (Wildman–Crippen LogP) is 0.379. The first-order valence-corrected chi connectivity index (χ1v) is 6.02. The highest BCUT2D eigenvalue weighted by molar-refractivity contribution is 5.78. The minimum atomic E-state index is -1.01. The average molecular weight is 264 g/mol. The zero-order chi connectivity index (χ0) is 13.8. The molecule has 6 heteroatoms. The largest absolute Gasteiger partial charge is 0.480 e. The molecule has 1 aliphatic heterocycles. The van der Waals surface area contributed by atoms with Gasteiger partial charge >= 0.3 is 11.9 Å². The zero-order valence-electron chi connectivity index (χ0n) is 10.4. The van der Waals surface area contributed by atoms with E-state index in [-0.39, 0.29) is 19.6 Å². The summed E-state index contributed by atoms with van der Waals surface area (Å²) in [5.74, 6) is 3.67. The number of hydrogen-bond donors (Lipinski definition) is 2. The molecule has 0 radical (unpaired) electrons. The summed E-state index contributed by atoms with van der Waals surface area (Å²) in [7, 11) is 0. The topological polar surface area (TPSA) is 92.9 Å². The van der Waals surface area contributed by atoms with Crippen molar-refractivity contribution in [3.8, 4) is 0 Å². The van der Waals surface area contributed by atoms with Crippen LogP contribution >= 0.6 is 0 Å². The summed E-state index contributed by atoms with van der Waals surface area (Å²) in [5.41, 5.74) is 0.897. The van der Waals surface area contributed by atoms with Crippen molar-refractivity contribution in [3.05, 3.63) is 35.9 Å². The van der Waals surface area contributed by atoms with E-state index in [4.69, 9.17) is 15.7 Å². The molecule has 6 nitrogen and oxygen atoms in total. The van der Waals surface area contributed by atoms with Crippen LogP contribution in [0.1, 0.15) is 12.0 Å². The molecule has 102 valence electrons. The SMILES string of the molecule is NN1C[C@H](C(=O)OCc2ccccc2)C[C@H]1C(=O)O. The van der Waals surface area contributed by atoms with Crippen LogP contribution in [0.25, 0.3) is 0 Å². The van der Waals surface area contributed by atoms with E-state index in [2.05, 4.69) is 0 Å². The Bertz CT molecular complexity index is 463. The third kappa shape index (κ3) is 3.30. The van der Waals surface area contributed by atoms with Gasteiger partial charge in [0, 0.05) is 6.54 Å². The van der Waals surface area contributed by atoms with Gasteiger partial charge in [0.25, 0.3) is 0 Å². The lowest BCUT2D eigenvalue weighted by Crippen LogP contribution is -2.41. The fraction of sp³-hybridized carbons (Fsp3) is 0.385. The van der Waals surface area contributed by atoms with E-state index >= 15 is 0 Å². The molecule has 19 heavy (non-hydrogen) atoms. The number of carbonyl (C=O) groups is 2. The van der Waals surface area contributed by atoms with Gasteiger partial charge in [0.05, 0.1) is 5.92 Å². The van der Waals surface area contributed by atoms with Gasteiger partial charge in [-0.1, -0.05) is 30.3 Å². The van der Waals surface area contributed by atoms with Gasteiger partial charge < -0.3 is 9.84 Å². The van der Waals surface area contributed by atoms with Crippen LogP contribution in [0.15, 0.2) is 30.3 Å². The maximum absolute atomic E-state index is 11.8. The molecule has 0 bridgehead atoms. The van der Waals surface area contributed by atoms with Crippen molar-refractivity contribution < 1.29 is 19.4 Å². The normalized spacial score (nSPS) is 23.2. The monoisotopic (exact) mass is 264 g/mol. The molecule has 1 saturated heterocycles. The van der Waals surface area contributed by atoms with Crippen LogP contribution in [0, 0.1) is 5.92 Å². The average Bonchev–Trinajstić information content (AvgIpc) is 2.79. The fourth-order valence-corrected chi connectivity index (χ4v) is 2.12. The lowest BCUT2D eigenvalue weighted by atomic mass is 10.1. The predicted molar refractivity (Wildman–Crippen MR) is 66.7 cm³/mol. The van der Waals surface area contributed by atoms with Crippen LogP contribution in [0.2, 0.25) is 0 Å². The third-order valence-corrected chi connectivity index (χ3v) is 3.18. The van der Waals surface area contributed by atoms with Crippen molar-refractivity contribution in [1.82, 2.24) is 5.01 Å². The minimum absolute atomic E-state index is 0.193. The highest BCUT2D eigenvalue weighted by Crippen LogP contribution is 2.22. The Balaban J connectivity index is 1.86. The number of carboxylic acid groups (broad SMARTS) is 1. The number of carboxylic acids is 1. The van der Waals surface area contributed by atoms with Crippen molar-refractivity contribution in [1.29, 1.82) is 0 Å². The first-order chi connectivity index (χ1) is 9.08. The summed E-state index contributed by atoms with van der Waals surface area (Å²) in [5, 5.41) is 10.1. The number of carbonyl (C=O) groups excluding carboxylic acids is 1. The zero-order valence-corrected chi connectivity index (χ0v) is 10.4. The van der Waals surface area contributed by atoms with Gasteiger partial charge in [0.1, 0.15) is 12.6 Å². The van der Waals surface area contributed by atoms with Gasteiger partial charge in [-0.25, -0.2) is 5.01 Å². The molecule has 2 atom stereocenters. The number of nitrogens with two attached hydrogens (primary N) is 1. The first kappa shape index (κ1) is 13.5. The Morgan fingerprint density at radius 1 is 1.37 bits per heavy atom. The standard InChI is InChI=1S/C13H16N2O4/c14-15-7-10(6-11(15)12(16)17)13(18)19-8-9-4-2-1-3-5-9/h1-5,10-11H,6-8,14H2,(H,16,17)/t10-,11+/m1/s1. The molecular weight excluding hydrogens is 248 g/mol. The second-order valence-electron chi connectivity index (χ2n) is 4.58. The summed E-state index contributed by atoms with van der Waals surface area (Å²) in [6.45, 7) is 0.406. The molecular formula is C13H16N2O4. The van der Waals surface area contributed by atoms with E-state index in [9.17, 15) is 9.59 Å². The highest BCUT2D eigenvalue weighted by atomic mass is 16.5. The Morgan fingerprint density at radius 2 is 2.05 bits per heavy atom. The van der Waals surface area contributed by atoms with Crippen molar-refractivity contribution >= 4 is 11.9 Å². The molecule has 0 spiro atoms. The molecule has 0 unspecified atom stereocenters. The second-order valence-corrected chi connectivity index (χ2v) is 4.58. The number of benzene rings is 1. The summed E-state index contributed by atoms with van der Waals surface area (Å²) >= 11 is 0. The quantitative estimate of drug-likeness (QED) is 0.603. The molecule has 1 aliphatic rings. The molecule has 1 fully saturated rings. The molecule has 1 heterocycles. The van der Waals surface area contributed by atoms with Crippen LogP contribution in [0.3, 0.4) is 0 Å². The number of ether oxygens (including phenoxy) is 1. The fourth-order valence-electron chi connectivity index (χ4n) is 2.12. The number of hydrogen-bond acceptors (Lipinski definition) is 5. The molecule has 0 aromatic heterocycles. The minimum Gasteiger partial charge on any atom is -0.480 e. The number of hydrazine groups is 1. The van der Waals surface area contributed by atoms with Crippen LogP contribution in [-0.2, 0) is 20.9 Å². The maximum atomic E-state index is 11.8. The van der Waals surface area contributed by atoms with Gasteiger partial charge in [-0.05, 0) is 12.0 Å². The number of esters is 1. The summed E-state index contributed by atoms with van der Waals surface area (Å²) < 4.78 is 5.17. The molecule has 1 aromatic carbocycles. The van der Waals surface area contributed by atoms with E-state index in [0.29, 0.717) is 0 Å². The number of rotatable bonds is 4. The van der Waals surface area contributed by atoms with Crippen molar-refractivity contribution in [3.63, 3.8) is 0 Å². The lowest BCUT2D eigenvalue weighted by Gasteiger charge is -2.12. The van der Waals surface area contributed by atoms with Gasteiger partial charge in [-0.15, -0.1) is 0 Å². The smallest absolute Gasteiger partial charge is 0.322 e. The van der Waals surface area contributed by atoms with Gasteiger partial charge in [-0.3, -0.25) is 15.4 Å². The Morgan fingerprint density at radius 3 is 2.63 bits per heavy atom. The molecule has 0 aliphatic carbocycles. The van der Waals surface area contributed by atoms with Crippen molar-refractivity contribution in [2.24, 2.45) is 11.8 Å². The van der Waals surface area contributed by atoms with E-state index in [1.807, 2.05) is 30.3 Å². The summed E-state index contributed by atoms with van der Waals surface area (Å²) in [4.78, 5) is 22.7. The van der Waals surface area contributed by atoms with Gasteiger partial charge in [0.2, 0.25) is 0 Å². The molecule has 2 rings (SSSR count). The Hall–Kier alpha value is -1.92. The summed E-state index contributed by atoms with van der Waals surface area (Å²) in [6, 6.07) is 8.51. The van der Waals surface area contributed by atoms with Crippen molar-refractivity contribution in [2.45, 2.75) is 19.1 Å². The van der Waals surface area contributed by atoms with Crippen LogP contribution in [-0.4, -0.2) is 34.6 Å².